The van der Waals surface area contributed by atoms with E-state index in [9.17, 15) is 4.79 Å². The maximum atomic E-state index is 11.7. The Morgan fingerprint density at radius 1 is 1.22 bits per heavy atom. The summed E-state index contributed by atoms with van der Waals surface area (Å²) in [6, 6.07) is 0. The number of rotatable bonds is 7. The van der Waals surface area contributed by atoms with E-state index in [4.69, 9.17) is 5.73 Å². The minimum absolute atomic E-state index is 0.356. The molecular weight excluding hydrogens is 292 g/mol. The summed E-state index contributed by atoms with van der Waals surface area (Å²) >= 11 is 0. The fourth-order valence-corrected chi connectivity index (χ4v) is 2.38. The first-order chi connectivity index (χ1) is 10.9. The normalized spacial score (nSPS) is 13.7. The molecule has 23 heavy (non-hydrogen) atoms. The molecule has 7 heteroatoms. The largest absolute Gasteiger partial charge is 0.368 e. The Bertz CT molecular complexity index is 643. The number of hydrogen-bond donors (Lipinski definition) is 2. The van der Waals surface area contributed by atoms with Crippen LogP contribution in [0.4, 0.5) is 0 Å². The molecule has 0 bridgehead atoms. The first-order valence-electron chi connectivity index (χ1n) is 7.52. The Morgan fingerprint density at radius 2 is 1.83 bits per heavy atom. The number of carbonyl (C=O) groups excluding carboxylic acids is 1. The molecule has 0 saturated carbocycles. The van der Waals surface area contributed by atoms with Crippen LogP contribution in [0.1, 0.15) is 32.8 Å². The standard InChI is InChI=1S/C16H22N6O/c1-11(2)4-16(3,15(17)23)22-7-12-5-20-14(21-6-12)13-8-18-10-19-9-13/h5-6,8-11,22H,4,7H2,1-3H3,(H2,17,23). The monoisotopic (exact) mass is 314 g/mol. The van der Waals surface area contributed by atoms with Gasteiger partial charge in [-0.25, -0.2) is 19.9 Å². The molecule has 0 aliphatic heterocycles. The van der Waals surface area contributed by atoms with E-state index >= 15 is 0 Å². The smallest absolute Gasteiger partial charge is 0.237 e. The predicted molar refractivity (Wildman–Crippen MR) is 87.0 cm³/mol. The summed E-state index contributed by atoms with van der Waals surface area (Å²) in [6.07, 6.45) is 8.89. The van der Waals surface area contributed by atoms with Crippen molar-refractivity contribution in [2.45, 2.75) is 39.3 Å². The van der Waals surface area contributed by atoms with Crippen molar-refractivity contribution in [3.8, 4) is 11.4 Å². The maximum absolute atomic E-state index is 11.7. The number of nitrogens with one attached hydrogen (secondary N) is 1. The third-order valence-electron chi connectivity index (χ3n) is 3.57. The molecule has 0 aliphatic rings. The van der Waals surface area contributed by atoms with Crippen molar-refractivity contribution in [1.82, 2.24) is 25.3 Å². The number of nitrogens with zero attached hydrogens (tertiary/aromatic N) is 4. The second-order valence-corrected chi connectivity index (χ2v) is 6.19. The highest BCUT2D eigenvalue weighted by molar-refractivity contribution is 5.84. The molecule has 0 saturated heterocycles. The number of amides is 1. The summed E-state index contributed by atoms with van der Waals surface area (Å²) in [5.41, 5.74) is 6.42. The number of primary amides is 1. The Hall–Kier alpha value is -2.41. The van der Waals surface area contributed by atoms with Crippen molar-refractivity contribution in [3.05, 3.63) is 36.7 Å². The van der Waals surface area contributed by atoms with Crippen LogP contribution in [0.15, 0.2) is 31.1 Å². The van der Waals surface area contributed by atoms with E-state index in [1.54, 1.807) is 24.8 Å². The van der Waals surface area contributed by atoms with Crippen LogP contribution in [0.2, 0.25) is 0 Å². The molecule has 1 amide bonds. The van der Waals surface area contributed by atoms with Crippen LogP contribution >= 0.6 is 0 Å². The van der Waals surface area contributed by atoms with Gasteiger partial charge in [-0.05, 0) is 19.3 Å². The van der Waals surface area contributed by atoms with E-state index in [1.165, 1.54) is 6.33 Å². The lowest BCUT2D eigenvalue weighted by molar-refractivity contribution is -0.124. The number of hydrogen-bond acceptors (Lipinski definition) is 6. The van der Waals surface area contributed by atoms with Crippen molar-refractivity contribution >= 4 is 5.91 Å². The first kappa shape index (κ1) is 17.0. The SMILES string of the molecule is CC(C)CC(C)(NCc1cnc(-c2cncnc2)nc1)C(N)=O. The van der Waals surface area contributed by atoms with Crippen LogP contribution in [-0.4, -0.2) is 31.4 Å². The molecule has 0 aromatic carbocycles. The summed E-state index contributed by atoms with van der Waals surface area (Å²) in [5.74, 6) is 0.566. The summed E-state index contributed by atoms with van der Waals surface area (Å²) in [4.78, 5) is 28.2. The van der Waals surface area contributed by atoms with Gasteiger partial charge in [-0.2, -0.15) is 0 Å². The average Bonchev–Trinajstić information content (AvgIpc) is 2.53. The molecular formula is C16H22N6O. The zero-order chi connectivity index (χ0) is 16.9. The predicted octanol–water partition coefficient (Wildman–Crippen LogP) is 1.31. The van der Waals surface area contributed by atoms with Gasteiger partial charge in [-0.15, -0.1) is 0 Å². The minimum atomic E-state index is -0.750. The molecule has 7 nitrogen and oxygen atoms in total. The number of nitrogens with two attached hydrogens (primary N) is 1. The van der Waals surface area contributed by atoms with E-state index in [1.807, 2.05) is 6.92 Å². The second kappa shape index (κ2) is 7.23. The van der Waals surface area contributed by atoms with Gasteiger partial charge in [0.05, 0.1) is 11.1 Å². The summed E-state index contributed by atoms with van der Waals surface area (Å²) in [7, 11) is 0. The first-order valence-corrected chi connectivity index (χ1v) is 7.52. The maximum Gasteiger partial charge on any atom is 0.237 e. The highest BCUT2D eigenvalue weighted by Crippen LogP contribution is 2.17. The quantitative estimate of drug-likeness (QED) is 0.798. The molecule has 122 valence electrons. The van der Waals surface area contributed by atoms with Crippen LogP contribution in [0.25, 0.3) is 11.4 Å². The molecule has 2 rings (SSSR count). The lowest BCUT2D eigenvalue weighted by atomic mass is 9.90. The fourth-order valence-electron chi connectivity index (χ4n) is 2.38. The third kappa shape index (κ3) is 4.53. The van der Waals surface area contributed by atoms with Gasteiger partial charge in [-0.1, -0.05) is 13.8 Å². The minimum Gasteiger partial charge on any atom is -0.368 e. The number of carbonyl (C=O) groups is 1. The van der Waals surface area contributed by atoms with Crippen LogP contribution in [0, 0.1) is 5.92 Å². The van der Waals surface area contributed by atoms with Gasteiger partial charge in [-0.3, -0.25) is 10.1 Å². The molecule has 0 fully saturated rings. The van der Waals surface area contributed by atoms with E-state index in [0.29, 0.717) is 24.7 Å². The lowest BCUT2D eigenvalue weighted by Crippen LogP contribution is -2.53. The molecule has 2 aromatic heterocycles. The lowest BCUT2D eigenvalue weighted by Gasteiger charge is -2.29. The molecule has 3 N–H and O–H groups in total. The molecule has 0 aliphatic carbocycles. The van der Waals surface area contributed by atoms with Crippen molar-refractivity contribution in [1.29, 1.82) is 0 Å². The van der Waals surface area contributed by atoms with Crippen molar-refractivity contribution in [3.63, 3.8) is 0 Å². The Balaban J connectivity index is 2.04. The second-order valence-electron chi connectivity index (χ2n) is 6.19. The average molecular weight is 314 g/mol. The molecule has 1 atom stereocenters. The molecule has 0 spiro atoms. The van der Waals surface area contributed by atoms with Gasteiger partial charge in [0, 0.05) is 36.9 Å². The van der Waals surface area contributed by atoms with Gasteiger partial charge in [0.25, 0.3) is 0 Å². The topological polar surface area (TPSA) is 107 Å². The fraction of sp³-hybridized carbons (Fsp3) is 0.438. The van der Waals surface area contributed by atoms with Gasteiger partial charge in [0.2, 0.25) is 5.91 Å². The van der Waals surface area contributed by atoms with Gasteiger partial charge in [0.15, 0.2) is 5.82 Å². The highest BCUT2D eigenvalue weighted by atomic mass is 16.1. The van der Waals surface area contributed by atoms with E-state index in [-0.39, 0.29) is 5.91 Å². The molecule has 2 aromatic rings. The summed E-state index contributed by atoms with van der Waals surface area (Å²) < 4.78 is 0. The molecule has 0 radical (unpaired) electrons. The molecule has 2 heterocycles. The van der Waals surface area contributed by atoms with Gasteiger partial charge < -0.3 is 5.73 Å². The van der Waals surface area contributed by atoms with Crippen molar-refractivity contribution < 1.29 is 4.79 Å². The Labute approximate surface area is 135 Å². The third-order valence-corrected chi connectivity index (χ3v) is 3.57. The van der Waals surface area contributed by atoms with Gasteiger partial charge >= 0.3 is 0 Å². The van der Waals surface area contributed by atoms with Crippen LogP contribution < -0.4 is 11.1 Å². The molecule has 1 unspecified atom stereocenters. The summed E-state index contributed by atoms with van der Waals surface area (Å²) in [6.45, 7) is 6.41. The number of aromatic nitrogens is 4. The summed E-state index contributed by atoms with van der Waals surface area (Å²) in [5, 5.41) is 3.22. The van der Waals surface area contributed by atoms with Crippen LogP contribution in [0.3, 0.4) is 0 Å². The van der Waals surface area contributed by atoms with Crippen LogP contribution in [0.5, 0.6) is 0 Å². The van der Waals surface area contributed by atoms with Gasteiger partial charge in [0.1, 0.15) is 6.33 Å². The zero-order valence-electron chi connectivity index (χ0n) is 13.7. The van der Waals surface area contributed by atoms with E-state index in [0.717, 1.165) is 11.1 Å². The van der Waals surface area contributed by atoms with Crippen LogP contribution in [-0.2, 0) is 11.3 Å². The zero-order valence-corrected chi connectivity index (χ0v) is 13.7. The Kier molecular flexibility index (Phi) is 5.33. The van der Waals surface area contributed by atoms with E-state index < -0.39 is 5.54 Å². The van der Waals surface area contributed by atoms with Crippen molar-refractivity contribution in [2.75, 3.05) is 0 Å². The highest BCUT2D eigenvalue weighted by Gasteiger charge is 2.31. The Morgan fingerprint density at radius 3 is 2.35 bits per heavy atom. The van der Waals surface area contributed by atoms with Crippen molar-refractivity contribution in [2.24, 2.45) is 11.7 Å². The van der Waals surface area contributed by atoms with E-state index in [2.05, 4.69) is 39.1 Å².